The number of carbonyl (C=O) groups excluding carboxylic acids is 3. The molecule has 0 bridgehead atoms. The number of hydrogen-bond acceptors (Lipinski definition) is 6. The maximum absolute atomic E-state index is 12.9. The zero-order chi connectivity index (χ0) is 57.1. The fraction of sp³-hybridized carbons (Fsp3) is 0.685. The molecule has 6 heteroatoms. The second-order valence-electron chi connectivity index (χ2n) is 21.7. The van der Waals surface area contributed by atoms with Crippen molar-refractivity contribution in [2.45, 2.75) is 309 Å². The van der Waals surface area contributed by atoms with E-state index in [1.807, 2.05) is 6.08 Å². The number of ether oxygens (including phenoxy) is 3. The standard InChI is InChI=1S/C73H122O6/c1-4-7-10-13-16-19-22-25-28-30-31-32-33-34-35-36-37-38-39-40-41-43-45-48-51-54-57-60-63-66-72(75)78-69-70(68-77-71(74)65-62-59-56-53-50-47-44-27-24-21-18-15-12-9-6-3)79-73(76)67-64-61-58-55-52-49-46-42-29-26-23-20-17-14-11-8-5-2/h9,12,17-18,20-22,25-27,29-31,33-34,44,50,53,59,62,70H,4-8,10-11,13-16,19,23-24,28,32,35-43,45-49,51-52,54-58,60-61,63-69H2,1-3H3/b12-9-,20-17-,21-18-,25-22-,29-26-,31-30-,34-33-,44-27-,53-50-,62-59-. The van der Waals surface area contributed by atoms with Crippen molar-refractivity contribution in [2.75, 3.05) is 13.2 Å². The Labute approximate surface area is 488 Å². The van der Waals surface area contributed by atoms with Crippen LogP contribution in [0.3, 0.4) is 0 Å². The van der Waals surface area contributed by atoms with Crippen molar-refractivity contribution >= 4 is 17.9 Å². The summed E-state index contributed by atoms with van der Waals surface area (Å²) in [6, 6.07) is 0. The minimum absolute atomic E-state index is 0.113. The molecule has 0 aliphatic carbocycles. The van der Waals surface area contributed by atoms with Gasteiger partial charge in [0.1, 0.15) is 13.2 Å². The molecule has 0 N–H and O–H groups in total. The molecular weight excluding hydrogens is 973 g/mol. The van der Waals surface area contributed by atoms with Gasteiger partial charge in [0.15, 0.2) is 6.10 Å². The van der Waals surface area contributed by atoms with Crippen molar-refractivity contribution in [3.63, 3.8) is 0 Å². The van der Waals surface area contributed by atoms with Crippen LogP contribution in [0.5, 0.6) is 0 Å². The van der Waals surface area contributed by atoms with E-state index in [2.05, 4.69) is 130 Å². The summed E-state index contributed by atoms with van der Waals surface area (Å²) in [5.41, 5.74) is 0. The van der Waals surface area contributed by atoms with Crippen LogP contribution in [0.4, 0.5) is 0 Å². The second kappa shape index (κ2) is 66.3. The van der Waals surface area contributed by atoms with Crippen LogP contribution in [-0.4, -0.2) is 37.2 Å². The molecule has 1 atom stereocenters. The summed E-state index contributed by atoms with van der Waals surface area (Å²) < 4.78 is 16.8. The van der Waals surface area contributed by atoms with Crippen LogP contribution in [0.15, 0.2) is 122 Å². The first-order valence-electron chi connectivity index (χ1n) is 33.0. The fourth-order valence-electron chi connectivity index (χ4n) is 9.02. The third-order valence-electron chi connectivity index (χ3n) is 14.0. The van der Waals surface area contributed by atoms with E-state index in [1.165, 1.54) is 167 Å². The van der Waals surface area contributed by atoms with Gasteiger partial charge in [-0.1, -0.05) is 290 Å². The van der Waals surface area contributed by atoms with E-state index in [9.17, 15) is 14.4 Å². The maximum Gasteiger partial charge on any atom is 0.309 e. The van der Waals surface area contributed by atoms with Gasteiger partial charge in [-0.3, -0.25) is 14.4 Å². The van der Waals surface area contributed by atoms with Crippen LogP contribution < -0.4 is 0 Å². The van der Waals surface area contributed by atoms with Crippen LogP contribution in [0, 0.1) is 0 Å². The largest absolute Gasteiger partial charge is 0.462 e. The quantitative estimate of drug-likeness (QED) is 0.0261. The van der Waals surface area contributed by atoms with E-state index in [4.69, 9.17) is 14.2 Å². The molecule has 450 valence electrons. The monoisotopic (exact) mass is 1090 g/mol. The predicted molar refractivity (Wildman–Crippen MR) is 343 cm³/mol. The Morgan fingerprint density at radius 2 is 0.544 bits per heavy atom. The van der Waals surface area contributed by atoms with Gasteiger partial charge in [0.2, 0.25) is 0 Å². The lowest BCUT2D eigenvalue weighted by Gasteiger charge is -2.18. The fourth-order valence-corrected chi connectivity index (χ4v) is 9.02. The van der Waals surface area contributed by atoms with Crippen molar-refractivity contribution < 1.29 is 28.6 Å². The van der Waals surface area contributed by atoms with Crippen LogP contribution in [0.25, 0.3) is 0 Å². The molecule has 6 nitrogen and oxygen atoms in total. The zero-order valence-corrected chi connectivity index (χ0v) is 51.6. The van der Waals surface area contributed by atoms with Gasteiger partial charge < -0.3 is 14.2 Å². The predicted octanol–water partition coefficient (Wildman–Crippen LogP) is 22.8. The van der Waals surface area contributed by atoms with Gasteiger partial charge >= 0.3 is 17.9 Å². The summed E-state index contributed by atoms with van der Waals surface area (Å²) in [4.78, 5) is 38.3. The summed E-state index contributed by atoms with van der Waals surface area (Å²) in [6.07, 6.45) is 92.4. The lowest BCUT2D eigenvalue weighted by Crippen LogP contribution is -2.30. The molecule has 0 rings (SSSR count). The molecule has 0 spiro atoms. The average molecular weight is 1100 g/mol. The van der Waals surface area contributed by atoms with Crippen LogP contribution in [-0.2, 0) is 28.6 Å². The van der Waals surface area contributed by atoms with Crippen molar-refractivity contribution in [2.24, 2.45) is 0 Å². The third kappa shape index (κ3) is 64.5. The molecule has 0 saturated heterocycles. The Morgan fingerprint density at radius 1 is 0.278 bits per heavy atom. The normalized spacial score (nSPS) is 12.9. The topological polar surface area (TPSA) is 78.9 Å². The molecule has 0 amide bonds. The van der Waals surface area contributed by atoms with Crippen LogP contribution in [0.2, 0.25) is 0 Å². The highest BCUT2D eigenvalue weighted by Gasteiger charge is 2.19. The summed E-state index contributed by atoms with van der Waals surface area (Å²) in [6.45, 7) is 6.41. The minimum atomic E-state index is -0.826. The molecule has 1 unspecified atom stereocenters. The smallest absolute Gasteiger partial charge is 0.309 e. The van der Waals surface area contributed by atoms with Gasteiger partial charge in [0, 0.05) is 12.8 Å². The Hall–Kier alpha value is -4.19. The first-order chi connectivity index (χ1) is 39.0. The molecule has 0 aromatic heterocycles. The van der Waals surface area contributed by atoms with E-state index in [-0.39, 0.29) is 31.6 Å². The zero-order valence-electron chi connectivity index (χ0n) is 51.6. The lowest BCUT2D eigenvalue weighted by atomic mass is 10.0. The Kier molecular flexibility index (Phi) is 62.8. The van der Waals surface area contributed by atoms with E-state index < -0.39 is 12.1 Å². The number of hydrogen-bond donors (Lipinski definition) is 0. The number of allylic oxidation sites excluding steroid dienone is 19. The van der Waals surface area contributed by atoms with Crippen molar-refractivity contribution in [3.8, 4) is 0 Å². The molecule has 0 aromatic carbocycles. The van der Waals surface area contributed by atoms with Gasteiger partial charge in [-0.2, -0.15) is 0 Å². The molecule has 79 heavy (non-hydrogen) atoms. The lowest BCUT2D eigenvalue weighted by molar-refractivity contribution is -0.166. The van der Waals surface area contributed by atoms with Gasteiger partial charge in [-0.15, -0.1) is 0 Å². The van der Waals surface area contributed by atoms with Gasteiger partial charge in [-0.25, -0.2) is 0 Å². The molecule has 0 aliphatic rings. The van der Waals surface area contributed by atoms with E-state index >= 15 is 0 Å². The first kappa shape index (κ1) is 74.8. The molecular formula is C73H122O6. The number of esters is 3. The van der Waals surface area contributed by atoms with Crippen LogP contribution >= 0.6 is 0 Å². The number of rotatable bonds is 59. The second-order valence-corrected chi connectivity index (χ2v) is 21.7. The van der Waals surface area contributed by atoms with Crippen molar-refractivity contribution in [1.29, 1.82) is 0 Å². The molecule has 0 heterocycles. The van der Waals surface area contributed by atoms with Gasteiger partial charge in [0.25, 0.3) is 0 Å². The SMILES string of the molecule is CC/C=C\C/C=C\C/C=C\C/C=C\C/C=C\CC(=O)OCC(COC(=O)CCCCCCCCCCCCCCCC/C=C\C/C=C\C/C=C\CCCCCCC)OC(=O)CCCCCCCCC/C=C\C/C=C\CCCCC. The minimum Gasteiger partial charge on any atom is -0.462 e. The molecule has 0 saturated carbocycles. The highest BCUT2D eigenvalue weighted by Crippen LogP contribution is 2.16. The highest BCUT2D eigenvalue weighted by molar-refractivity contribution is 5.72. The van der Waals surface area contributed by atoms with Gasteiger partial charge in [0.05, 0.1) is 6.42 Å². The Balaban J connectivity index is 4.35. The molecule has 0 aliphatic heterocycles. The average Bonchev–Trinajstić information content (AvgIpc) is 3.45. The summed E-state index contributed by atoms with van der Waals surface area (Å²) >= 11 is 0. The number of carbonyl (C=O) groups is 3. The maximum atomic E-state index is 12.9. The molecule has 0 aromatic rings. The summed E-state index contributed by atoms with van der Waals surface area (Å²) in [5.74, 6) is -1.05. The Morgan fingerprint density at radius 3 is 0.911 bits per heavy atom. The highest BCUT2D eigenvalue weighted by atomic mass is 16.6. The molecule has 0 radical (unpaired) electrons. The summed E-state index contributed by atoms with van der Waals surface area (Å²) in [7, 11) is 0. The summed E-state index contributed by atoms with van der Waals surface area (Å²) in [5, 5.41) is 0. The van der Waals surface area contributed by atoms with E-state index in [0.29, 0.717) is 12.8 Å². The third-order valence-corrected chi connectivity index (χ3v) is 14.0. The van der Waals surface area contributed by atoms with E-state index in [0.717, 1.165) is 96.3 Å². The van der Waals surface area contributed by atoms with Crippen molar-refractivity contribution in [1.82, 2.24) is 0 Å². The van der Waals surface area contributed by atoms with Gasteiger partial charge in [-0.05, 0) is 116 Å². The van der Waals surface area contributed by atoms with E-state index in [1.54, 1.807) is 6.08 Å². The Bertz CT molecular complexity index is 1640. The first-order valence-corrected chi connectivity index (χ1v) is 33.0. The van der Waals surface area contributed by atoms with Crippen LogP contribution in [0.1, 0.15) is 303 Å². The van der Waals surface area contributed by atoms with Crippen molar-refractivity contribution in [3.05, 3.63) is 122 Å². The number of unbranched alkanes of at least 4 members (excludes halogenated alkanes) is 29. The molecule has 0 fully saturated rings.